The van der Waals surface area contributed by atoms with E-state index in [-0.39, 0.29) is 5.91 Å². The molecule has 24 heavy (non-hydrogen) atoms. The molecule has 0 aliphatic heterocycles. The second-order valence-electron chi connectivity index (χ2n) is 5.77. The highest BCUT2D eigenvalue weighted by atomic mass is 16.1. The SMILES string of the molecule is CCC/C=C/C#C/C=C/C=C/CC/C=C/C=C/C(=O)NCC(C)C. The summed E-state index contributed by atoms with van der Waals surface area (Å²) in [4.78, 5) is 11.4. The van der Waals surface area contributed by atoms with Crippen LogP contribution in [0.15, 0.2) is 60.8 Å². The summed E-state index contributed by atoms with van der Waals surface area (Å²) in [7, 11) is 0. The molecule has 0 saturated carbocycles. The van der Waals surface area contributed by atoms with Gasteiger partial charge in [-0.25, -0.2) is 0 Å². The van der Waals surface area contributed by atoms with E-state index in [1.54, 1.807) is 12.2 Å². The molecule has 1 amide bonds. The highest BCUT2D eigenvalue weighted by Crippen LogP contribution is 1.94. The summed E-state index contributed by atoms with van der Waals surface area (Å²) < 4.78 is 0. The number of carbonyl (C=O) groups excluding carboxylic acids is 1. The zero-order chi connectivity index (χ0) is 17.9. The first-order chi connectivity index (χ1) is 11.7. The number of rotatable bonds is 10. The van der Waals surface area contributed by atoms with Crippen molar-refractivity contribution < 1.29 is 4.79 Å². The molecular formula is C22H31NO. The van der Waals surface area contributed by atoms with Crippen LogP contribution >= 0.6 is 0 Å². The van der Waals surface area contributed by atoms with Gasteiger partial charge in [0, 0.05) is 12.6 Å². The lowest BCUT2D eigenvalue weighted by Gasteiger charge is -2.03. The number of hydrogen-bond donors (Lipinski definition) is 1. The van der Waals surface area contributed by atoms with Gasteiger partial charge in [-0.2, -0.15) is 0 Å². The Morgan fingerprint density at radius 3 is 2.25 bits per heavy atom. The van der Waals surface area contributed by atoms with Crippen LogP contribution in [-0.4, -0.2) is 12.5 Å². The standard InChI is InChI=1S/C22H31NO/c1-4-5-6-7-8-9-10-11-12-13-14-15-16-17-18-19-22(24)23-20-21(2)3/h6-7,10-13,16-19,21H,4-5,14-15,20H2,1-3H3,(H,23,24)/b7-6+,11-10+,13-12+,17-16+,19-18+. The van der Waals surface area contributed by atoms with Crippen LogP contribution in [0.4, 0.5) is 0 Å². The zero-order valence-electron chi connectivity index (χ0n) is 15.3. The van der Waals surface area contributed by atoms with Crippen LogP contribution in [0, 0.1) is 17.8 Å². The van der Waals surface area contributed by atoms with Gasteiger partial charge in [-0.05, 0) is 37.3 Å². The molecule has 0 atom stereocenters. The molecule has 0 rings (SSSR count). The van der Waals surface area contributed by atoms with E-state index in [9.17, 15) is 4.79 Å². The summed E-state index contributed by atoms with van der Waals surface area (Å²) in [5.41, 5.74) is 0. The molecule has 0 heterocycles. The molecule has 0 aliphatic rings. The molecule has 0 spiro atoms. The average molecular weight is 325 g/mol. The third kappa shape index (κ3) is 17.8. The third-order valence-electron chi connectivity index (χ3n) is 2.85. The average Bonchev–Trinajstić information content (AvgIpc) is 2.56. The van der Waals surface area contributed by atoms with E-state index in [4.69, 9.17) is 0 Å². The molecule has 1 N–H and O–H groups in total. The number of carbonyl (C=O) groups is 1. The van der Waals surface area contributed by atoms with Crippen molar-refractivity contribution in [3.05, 3.63) is 60.8 Å². The van der Waals surface area contributed by atoms with Gasteiger partial charge in [-0.3, -0.25) is 4.79 Å². The van der Waals surface area contributed by atoms with Crippen LogP contribution in [0.5, 0.6) is 0 Å². The molecule has 2 nitrogen and oxygen atoms in total. The van der Waals surface area contributed by atoms with Crippen molar-refractivity contribution in [1.29, 1.82) is 0 Å². The maximum atomic E-state index is 11.4. The molecule has 130 valence electrons. The first-order valence-electron chi connectivity index (χ1n) is 8.75. The Kier molecular flexibility index (Phi) is 15.5. The summed E-state index contributed by atoms with van der Waals surface area (Å²) >= 11 is 0. The fourth-order valence-corrected chi connectivity index (χ4v) is 1.56. The molecule has 0 bridgehead atoms. The number of allylic oxidation sites excluding steroid dienone is 9. The molecule has 0 aliphatic carbocycles. The molecule has 0 fully saturated rings. The van der Waals surface area contributed by atoms with Crippen LogP contribution in [0.2, 0.25) is 0 Å². The predicted molar refractivity (Wildman–Crippen MR) is 105 cm³/mol. The van der Waals surface area contributed by atoms with E-state index in [1.807, 2.05) is 30.4 Å². The van der Waals surface area contributed by atoms with Crippen molar-refractivity contribution in [2.75, 3.05) is 6.54 Å². The number of nitrogens with one attached hydrogen (secondary N) is 1. The summed E-state index contributed by atoms with van der Waals surface area (Å²) in [6, 6.07) is 0. The van der Waals surface area contributed by atoms with Gasteiger partial charge in [-0.15, -0.1) is 0 Å². The number of hydrogen-bond acceptors (Lipinski definition) is 1. The minimum absolute atomic E-state index is 0.0379. The molecule has 0 unspecified atom stereocenters. The first kappa shape index (κ1) is 21.7. The van der Waals surface area contributed by atoms with E-state index in [1.165, 1.54) is 0 Å². The quantitative estimate of drug-likeness (QED) is 0.257. The van der Waals surface area contributed by atoms with Gasteiger partial charge >= 0.3 is 0 Å². The Bertz CT molecular complexity index is 522. The minimum atomic E-state index is -0.0379. The smallest absolute Gasteiger partial charge is 0.243 e. The zero-order valence-corrected chi connectivity index (χ0v) is 15.3. The number of unbranched alkanes of at least 4 members (excludes halogenated alkanes) is 2. The van der Waals surface area contributed by atoms with E-state index < -0.39 is 0 Å². The number of amides is 1. The van der Waals surface area contributed by atoms with Crippen molar-refractivity contribution in [2.45, 2.75) is 46.5 Å². The highest BCUT2D eigenvalue weighted by molar-refractivity contribution is 5.87. The lowest BCUT2D eigenvalue weighted by molar-refractivity contribution is -0.116. The lowest BCUT2D eigenvalue weighted by atomic mass is 10.2. The summed E-state index contributed by atoms with van der Waals surface area (Å²) in [5, 5.41) is 2.84. The van der Waals surface area contributed by atoms with Crippen molar-refractivity contribution in [3.63, 3.8) is 0 Å². The Hall–Kier alpha value is -2.27. The fourth-order valence-electron chi connectivity index (χ4n) is 1.56. The van der Waals surface area contributed by atoms with E-state index in [0.29, 0.717) is 12.5 Å². The van der Waals surface area contributed by atoms with Gasteiger partial charge in [-0.1, -0.05) is 81.6 Å². The lowest BCUT2D eigenvalue weighted by Crippen LogP contribution is -2.25. The molecule has 0 saturated heterocycles. The summed E-state index contributed by atoms with van der Waals surface area (Å²) in [5.74, 6) is 6.36. The maximum absolute atomic E-state index is 11.4. The highest BCUT2D eigenvalue weighted by Gasteiger charge is 1.95. The van der Waals surface area contributed by atoms with E-state index in [2.05, 4.69) is 56.2 Å². The maximum Gasteiger partial charge on any atom is 0.243 e. The second kappa shape index (κ2) is 17.1. The van der Waals surface area contributed by atoms with Crippen LogP contribution in [-0.2, 0) is 4.79 Å². The van der Waals surface area contributed by atoms with Crippen molar-refractivity contribution in [1.82, 2.24) is 5.32 Å². The van der Waals surface area contributed by atoms with Gasteiger partial charge in [0.1, 0.15) is 0 Å². The van der Waals surface area contributed by atoms with Crippen LogP contribution < -0.4 is 5.32 Å². The molecule has 0 radical (unpaired) electrons. The predicted octanol–water partition coefficient (Wildman–Crippen LogP) is 5.12. The molecular weight excluding hydrogens is 294 g/mol. The van der Waals surface area contributed by atoms with Gasteiger partial charge in [0.15, 0.2) is 0 Å². The van der Waals surface area contributed by atoms with E-state index in [0.717, 1.165) is 25.7 Å². The molecule has 0 aromatic rings. The van der Waals surface area contributed by atoms with Gasteiger partial charge in [0.25, 0.3) is 0 Å². The van der Waals surface area contributed by atoms with Crippen LogP contribution in [0.25, 0.3) is 0 Å². The normalized spacial score (nSPS) is 12.2. The van der Waals surface area contributed by atoms with Gasteiger partial charge in [0.2, 0.25) is 5.91 Å². The fraction of sp³-hybridized carbons (Fsp3) is 0.409. The Morgan fingerprint density at radius 1 is 0.917 bits per heavy atom. The van der Waals surface area contributed by atoms with Crippen LogP contribution in [0.3, 0.4) is 0 Å². The van der Waals surface area contributed by atoms with Crippen LogP contribution in [0.1, 0.15) is 46.5 Å². The topological polar surface area (TPSA) is 29.1 Å². The first-order valence-corrected chi connectivity index (χ1v) is 8.75. The molecule has 0 aromatic carbocycles. The van der Waals surface area contributed by atoms with Gasteiger partial charge in [0.05, 0.1) is 0 Å². The second-order valence-corrected chi connectivity index (χ2v) is 5.77. The van der Waals surface area contributed by atoms with Crippen molar-refractivity contribution in [3.8, 4) is 11.8 Å². The Labute approximate surface area is 148 Å². The van der Waals surface area contributed by atoms with Gasteiger partial charge < -0.3 is 5.32 Å². The third-order valence-corrected chi connectivity index (χ3v) is 2.85. The van der Waals surface area contributed by atoms with Crippen molar-refractivity contribution >= 4 is 5.91 Å². The summed E-state index contributed by atoms with van der Waals surface area (Å²) in [6.07, 6.45) is 23.4. The molecule has 2 heteroatoms. The Morgan fingerprint density at radius 2 is 1.58 bits per heavy atom. The van der Waals surface area contributed by atoms with E-state index >= 15 is 0 Å². The summed E-state index contributed by atoms with van der Waals surface area (Å²) in [6.45, 7) is 7.01. The molecule has 0 aromatic heterocycles. The Balaban J connectivity index is 3.75. The minimum Gasteiger partial charge on any atom is -0.352 e. The van der Waals surface area contributed by atoms with Crippen molar-refractivity contribution in [2.24, 2.45) is 5.92 Å². The largest absolute Gasteiger partial charge is 0.352 e. The monoisotopic (exact) mass is 325 g/mol.